The summed E-state index contributed by atoms with van der Waals surface area (Å²) in [7, 11) is 0. The molecule has 4 rings (SSSR count). The van der Waals surface area contributed by atoms with Crippen molar-refractivity contribution < 1.29 is 14.0 Å². The van der Waals surface area contributed by atoms with Crippen LogP contribution in [-0.4, -0.2) is 16.7 Å². The summed E-state index contributed by atoms with van der Waals surface area (Å²) in [5.41, 5.74) is 1.12. The predicted molar refractivity (Wildman–Crippen MR) is 118 cm³/mol. The molecule has 3 aromatic rings. The molecule has 0 fully saturated rings. The molecule has 1 aliphatic heterocycles. The van der Waals surface area contributed by atoms with Crippen LogP contribution in [0, 0.1) is 5.82 Å². The molecule has 0 aromatic heterocycles. The van der Waals surface area contributed by atoms with Crippen molar-refractivity contribution in [2.75, 3.05) is 0 Å². The molecule has 0 radical (unpaired) electrons. The second kappa shape index (κ2) is 8.64. The Labute approximate surface area is 187 Å². The summed E-state index contributed by atoms with van der Waals surface area (Å²) in [6, 6.07) is 19.8. The Kier molecular flexibility index (Phi) is 5.95. The van der Waals surface area contributed by atoms with Crippen molar-refractivity contribution in [3.63, 3.8) is 0 Å². The van der Waals surface area contributed by atoms with Crippen LogP contribution in [0.1, 0.15) is 11.1 Å². The monoisotopic (exact) mass is 457 g/mol. The van der Waals surface area contributed by atoms with Crippen LogP contribution in [0.3, 0.4) is 0 Å². The van der Waals surface area contributed by atoms with Gasteiger partial charge in [-0.05, 0) is 48.0 Å². The molecule has 2 amide bonds. The number of hydrogen-bond acceptors (Lipinski definition) is 3. The number of amides is 2. The second-order valence-corrected chi connectivity index (χ2v) is 8.51. The van der Waals surface area contributed by atoms with Crippen molar-refractivity contribution in [2.24, 2.45) is 0 Å². The van der Waals surface area contributed by atoms with Gasteiger partial charge in [0, 0.05) is 20.5 Å². The van der Waals surface area contributed by atoms with Crippen molar-refractivity contribution >= 4 is 52.4 Å². The molecule has 1 aliphatic rings. The van der Waals surface area contributed by atoms with Gasteiger partial charge in [-0.3, -0.25) is 14.5 Å². The minimum atomic E-state index is -0.470. The molecule has 0 saturated heterocycles. The average molecular weight is 458 g/mol. The van der Waals surface area contributed by atoms with Gasteiger partial charge in [0.1, 0.15) is 5.82 Å². The van der Waals surface area contributed by atoms with Crippen molar-refractivity contribution in [2.45, 2.75) is 11.4 Å². The molecule has 0 unspecified atom stereocenters. The molecule has 0 spiro atoms. The number of benzene rings is 3. The van der Waals surface area contributed by atoms with Gasteiger partial charge in [0.2, 0.25) is 0 Å². The molecule has 3 aromatic carbocycles. The molecule has 0 atom stereocenters. The van der Waals surface area contributed by atoms with Gasteiger partial charge in [0.05, 0.1) is 17.0 Å². The quantitative estimate of drug-likeness (QED) is 0.427. The second-order valence-electron chi connectivity index (χ2n) is 6.55. The molecule has 0 aliphatic carbocycles. The van der Waals surface area contributed by atoms with E-state index in [0.717, 1.165) is 9.80 Å². The van der Waals surface area contributed by atoms with Gasteiger partial charge in [-0.2, -0.15) is 0 Å². The van der Waals surface area contributed by atoms with Gasteiger partial charge in [-0.25, -0.2) is 4.39 Å². The van der Waals surface area contributed by atoms with Gasteiger partial charge in [0.15, 0.2) is 0 Å². The number of carbonyl (C=O) groups excluding carboxylic acids is 2. The fourth-order valence-corrected chi connectivity index (χ4v) is 4.35. The minimum absolute atomic E-state index is 0.147. The Balaban J connectivity index is 1.74. The highest BCUT2D eigenvalue weighted by atomic mass is 35.5. The molecule has 30 heavy (non-hydrogen) atoms. The zero-order chi connectivity index (χ0) is 21.3. The number of halogens is 3. The first-order chi connectivity index (χ1) is 14.4. The maximum atomic E-state index is 14.1. The first-order valence-electron chi connectivity index (χ1n) is 8.97. The highest BCUT2D eigenvalue weighted by Gasteiger charge is 2.39. The lowest BCUT2D eigenvalue weighted by Crippen LogP contribution is -2.31. The molecule has 3 nitrogen and oxygen atoms in total. The van der Waals surface area contributed by atoms with E-state index in [0.29, 0.717) is 15.6 Å². The maximum Gasteiger partial charge on any atom is 0.268 e. The van der Waals surface area contributed by atoms with E-state index in [9.17, 15) is 14.0 Å². The summed E-state index contributed by atoms with van der Waals surface area (Å²) >= 11 is 13.1. The Hall–Kier alpha value is -2.60. The molecular formula is C23H14Cl2FNO2S. The van der Waals surface area contributed by atoms with E-state index in [4.69, 9.17) is 23.2 Å². The Morgan fingerprint density at radius 1 is 0.800 bits per heavy atom. The van der Waals surface area contributed by atoms with Crippen molar-refractivity contribution in [3.05, 3.63) is 105 Å². The molecular weight excluding hydrogens is 444 g/mol. The van der Waals surface area contributed by atoms with Crippen LogP contribution in [0.2, 0.25) is 10.0 Å². The fraction of sp³-hybridized carbons (Fsp3) is 0.0435. The van der Waals surface area contributed by atoms with Crippen LogP contribution < -0.4 is 0 Å². The van der Waals surface area contributed by atoms with Gasteiger partial charge in [0.25, 0.3) is 11.8 Å². The van der Waals surface area contributed by atoms with E-state index in [1.807, 2.05) is 0 Å². The molecule has 0 saturated carbocycles. The Bertz CT molecular complexity index is 1160. The van der Waals surface area contributed by atoms with E-state index >= 15 is 0 Å². The number of nitrogens with zero attached hydrogens (tertiary/aromatic N) is 1. The zero-order valence-corrected chi connectivity index (χ0v) is 17.8. The normalized spacial score (nSPS) is 14.0. The first-order valence-corrected chi connectivity index (χ1v) is 10.5. The third-order valence-corrected chi connectivity index (χ3v) is 6.17. The van der Waals surface area contributed by atoms with Crippen LogP contribution in [-0.2, 0) is 16.1 Å². The van der Waals surface area contributed by atoms with Crippen LogP contribution in [0.5, 0.6) is 0 Å². The number of imide groups is 1. The largest absolute Gasteiger partial charge is 0.269 e. The average Bonchev–Trinajstić information content (AvgIpc) is 2.96. The van der Waals surface area contributed by atoms with Crippen LogP contribution in [0.25, 0.3) is 5.57 Å². The first kappa shape index (κ1) is 20.7. The molecule has 1 heterocycles. The fourth-order valence-electron chi connectivity index (χ4n) is 3.08. The zero-order valence-electron chi connectivity index (χ0n) is 15.4. The van der Waals surface area contributed by atoms with Crippen molar-refractivity contribution in [1.29, 1.82) is 0 Å². The van der Waals surface area contributed by atoms with Crippen molar-refractivity contribution in [1.82, 2.24) is 4.90 Å². The van der Waals surface area contributed by atoms with E-state index in [1.54, 1.807) is 66.7 Å². The molecule has 0 bridgehead atoms. The summed E-state index contributed by atoms with van der Waals surface area (Å²) in [5.74, 6) is -1.40. The number of carbonyl (C=O) groups is 2. The van der Waals surface area contributed by atoms with Gasteiger partial charge >= 0.3 is 0 Å². The number of hydrogen-bond donors (Lipinski definition) is 0. The standard InChI is InChI=1S/C23H14Cl2FNO2S/c24-16-7-5-14(6-8-16)20-21(30-18-11-9-17(25)10-12-18)23(29)27(22(20)28)13-15-3-1-2-4-19(15)26/h1-12H,13H2. The van der Waals surface area contributed by atoms with E-state index in [1.165, 1.54) is 17.8 Å². The van der Waals surface area contributed by atoms with E-state index in [-0.39, 0.29) is 22.6 Å². The van der Waals surface area contributed by atoms with E-state index < -0.39 is 17.6 Å². The lowest BCUT2D eigenvalue weighted by molar-refractivity contribution is -0.137. The Morgan fingerprint density at radius 3 is 2.03 bits per heavy atom. The minimum Gasteiger partial charge on any atom is -0.269 e. The molecule has 150 valence electrons. The van der Waals surface area contributed by atoms with Gasteiger partial charge in [-0.15, -0.1) is 0 Å². The van der Waals surface area contributed by atoms with Crippen molar-refractivity contribution in [3.8, 4) is 0 Å². The van der Waals surface area contributed by atoms with Gasteiger partial charge < -0.3 is 0 Å². The number of rotatable bonds is 5. The van der Waals surface area contributed by atoms with E-state index in [2.05, 4.69) is 0 Å². The highest BCUT2D eigenvalue weighted by Crippen LogP contribution is 2.40. The summed E-state index contributed by atoms with van der Waals surface area (Å²) in [6.45, 7) is -0.147. The maximum absolute atomic E-state index is 14.1. The molecule has 0 N–H and O–H groups in total. The number of thioether (sulfide) groups is 1. The lowest BCUT2D eigenvalue weighted by atomic mass is 10.1. The highest BCUT2D eigenvalue weighted by molar-refractivity contribution is 8.04. The summed E-state index contributed by atoms with van der Waals surface area (Å²) in [6.07, 6.45) is 0. The lowest BCUT2D eigenvalue weighted by Gasteiger charge is -2.15. The smallest absolute Gasteiger partial charge is 0.268 e. The molecule has 7 heteroatoms. The third kappa shape index (κ3) is 4.15. The third-order valence-electron chi connectivity index (χ3n) is 4.58. The van der Waals surface area contributed by atoms with Crippen LogP contribution >= 0.6 is 35.0 Å². The Morgan fingerprint density at radius 2 is 1.40 bits per heavy atom. The summed E-state index contributed by atoms with van der Waals surface area (Å²) in [4.78, 5) is 28.5. The summed E-state index contributed by atoms with van der Waals surface area (Å²) < 4.78 is 14.1. The van der Waals surface area contributed by atoms with Crippen LogP contribution in [0.4, 0.5) is 4.39 Å². The topological polar surface area (TPSA) is 37.4 Å². The van der Waals surface area contributed by atoms with Crippen LogP contribution in [0.15, 0.2) is 82.6 Å². The SMILES string of the molecule is O=C1C(Sc2ccc(Cl)cc2)=C(c2ccc(Cl)cc2)C(=O)N1Cc1ccccc1F. The summed E-state index contributed by atoms with van der Waals surface area (Å²) in [5, 5.41) is 1.09. The predicted octanol–water partition coefficient (Wildman–Crippen LogP) is 6.20. The van der Waals surface area contributed by atoms with Gasteiger partial charge in [-0.1, -0.05) is 65.3 Å².